The molecular formula is C24H42N4O3. The van der Waals surface area contributed by atoms with Gasteiger partial charge in [-0.3, -0.25) is 9.89 Å². The zero-order valence-electron chi connectivity index (χ0n) is 19.9. The van der Waals surface area contributed by atoms with Crippen LogP contribution in [0.3, 0.4) is 0 Å². The van der Waals surface area contributed by atoms with Gasteiger partial charge in [0.15, 0.2) is 5.96 Å². The molecule has 7 heteroatoms. The fourth-order valence-corrected chi connectivity index (χ4v) is 3.65. The van der Waals surface area contributed by atoms with Gasteiger partial charge in [0, 0.05) is 46.4 Å². The van der Waals surface area contributed by atoms with Crippen LogP contribution < -0.4 is 10.6 Å². The fourth-order valence-electron chi connectivity index (χ4n) is 3.65. The molecule has 0 radical (unpaired) electrons. The molecule has 1 saturated heterocycles. The summed E-state index contributed by atoms with van der Waals surface area (Å²) in [6.07, 6.45) is 2.87. The van der Waals surface area contributed by atoms with E-state index in [9.17, 15) is 0 Å². The zero-order valence-corrected chi connectivity index (χ0v) is 19.9. The first-order chi connectivity index (χ1) is 15.1. The molecule has 2 atom stereocenters. The van der Waals surface area contributed by atoms with E-state index in [-0.39, 0.29) is 0 Å². The van der Waals surface area contributed by atoms with Gasteiger partial charge < -0.3 is 24.8 Å². The van der Waals surface area contributed by atoms with Crippen molar-refractivity contribution in [2.45, 2.75) is 58.9 Å². The summed E-state index contributed by atoms with van der Waals surface area (Å²) >= 11 is 0. The van der Waals surface area contributed by atoms with Gasteiger partial charge in [0.25, 0.3) is 0 Å². The number of ether oxygens (including phenoxy) is 3. The molecule has 7 nitrogen and oxygen atoms in total. The maximum Gasteiger partial charge on any atom is 0.191 e. The average molecular weight is 435 g/mol. The minimum absolute atomic E-state index is 0.302. The van der Waals surface area contributed by atoms with Crippen molar-refractivity contribution in [1.29, 1.82) is 0 Å². The molecule has 0 saturated carbocycles. The van der Waals surface area contributed by atoms with Crippen LogP contribution in [0.1, 0.15) is 44.7 Å². The third kappa shape index (κ3) is 11.0. The van der Waals surface area contributed by atoms with Gasteiger partial charge >= 0.3 is 0 Å². The van der Waals surface area contributed by atoms with Crippen molar-refractivity contribution in [2.75, 3.05) is 53.1 Å². The van der Waals surface area contributed by atoms with E-state index in [4.69, 9.17) is 14.2 Å². The number of nitrogens with one attached hydrogen (secondary N) is 2. The lowest BCUT2D eigenvalue weighted by molar-refractivity contribution is -0.0704. The zero-order chi connectivity index (χ0) is 22.3. The summed E-state index contributed by atoms with van der Waals surface area (Å²) in [6.45, 7) is 13.6. The standard InChI is InChI=1S/C24H42N4O3/c1-5-6-12-29-14-15-30-13-11-26-24(25-4)27-16-22-7-9-23(10-8-22)19-28-17-20(2)31-21(3)18-28/h7-10,20-21H,5-6,11-19H2,1-4H3,(H2,25,26,27). The third-order valence-electron chi connectivity index (χ3n) is 5.16. The van der Waals surface area contributed by atoms with Crippen molar-refractivity contribution >= 4 is 5.96 Å². The van der Waals surface area contributed by atoms with E-state index in [1.807, 2.05) is 0 Å². The first-order valence-electron chi connectivity index (χ1n) is 11.7. The second kappa shape index (κ2) is 15.2. The second-order valence-electron chi connectivity index (χ2n) is 8.20. The maximum atomic E-state index is 5.82. The van der Waals surface area contributed by atoms with Crippen molar-refractivity contribution < 1.29 is 14.2 Å². The number of hydrogen-bond donors (Lipinski definition) is 2. The van der Waals surface area contributed by atoms with Crippen molar-refractivity contribution in [3.63, 3.8) is 0 Å². The highest BCUT2D eigenvalue weighted by Crippen LogP contribution is 2.14. The van der Waals surface area contributed by atoms with E-state index in [0.717, 1.165) is 51.6 Å². The molecule has 0 amide bonds. The van der Waals surface area contributed by atoms with Crippen LogP contribution in [0.4, 0.5) is 0 Å². The smallest absolute Gasteiger partial charge is 0.191 e. The lowest BCUT2D eigenvalue weighted by atomic mass is 10.1. The quantitative estimate of drug-likeness (QED) is 0.283. The summed E-state index contributed by atoms with van der Waals surface area (Å²) in [5.41, 5.74) is 2.57. The number of guanidine groups is 1. The Labute approximate surface area is 188 Å². The molecule has 2 rings (SSSR count). The van der Waals surface area contributed by atoms with Crippen molar-refractivity contribution in [3.8, 4) is 0 Å². The Morgan fingerprint density at radius 3 is 2.29 bits per heavy atom. The maximum absolute atomic E-state index is 5.82. The highest BCUT2D eigenvalue weighted by Gasteiger charge is 2.21. The molecule has 0 spiro atoms. The Morgan fingerprint density at radius 2 is 1.65 bits per heavy atom. The number of morpholine rings is 1. The lowest BCUT2D eigenvalue weighted by Crippen LogP contribution is -2.44. The van der Waals surface area contributed by atoms with Crippen LogP contribution in [0.2, 0.25) is 0 Å². The van der Waals surface area contributed by atoms with Crippen LogP contribution in [-0.4, -0.2) is 76.2 Å². The van der Waals surface area contributed by atoms with Crippen molar-refractivity contribution in [1.82, 2.24) is 15.5 Å². The van der Waals surface area contributed by atoms with E-state index in [0.29, 0.717) is 38.6 Å². The van der Waals surface area contributed by atoms with E-state index in [2.05, 4.69) is 65.6 Å². The summed E-state index contributed by atoms with van der Waals surface area (Å²) < 4.78 is 16.9. The van der Waals surface area contributed by atoms with Crippen LogP contribution in [0.25, 0.3) is 0 Å². The van der Waals surface area contributed by atoms with Crippen molar-refractivity contribution in [3.05, 3.63) is 35.4 Å². The largest absolute Gasteiger partial charge is 0.379 e. The van der Waals surface area contributed by atoms with Crippen LogP contribution in [0.15, 0.2) is 29.3 Å². The monoisotopic (exact) mass is 434 g/mol. The average Bonchev–Trinajstić information content (AvgIpc) is 2.75. The summed E-state index contributed by atoms with van der Waals surface area (Å²) in [4.78, 5) is 6.75. The first-order valence-corrected chi connectivity index (χ1v) is 11.7. The van der Waals surface area contributed by atoms with Gasteiger partial charge in [0.1, 0.15) is 0 Å². The number of nitrogens with zero attached hydrogens (tertiary/aromatic N) is 2. The van der Waals surface area contributed by atoms with E-state index < -0.39 is 0 Å². The number of unbranched alkanes of at least 4 members (excludes halogenated alkanes) is 1. The van der Waals surface area contributed by atoms with Gasteiger partial charge in [-0.25, -0.2) is 0 Å². The molecule has 0 aromatic heterocycles. The summed E-state index contributed by atoms with van der Waals surface area (Å²) in [5.74, 6) is 0.781. The normalized spacial score (nSPS) is 20.1. The summed E-state index contributed by atoms with van der Waals surface area (Å²) in [6, 6.07) is 8.80. The Bertz CT molecular complexity index is 614. The number of hydrogen-bond acceptors (Lipinski definition) is 5. The second-order valence-corrected chi connectivity index (χ2v) is 8.20. The molecule has 1 aromatic rings. The Balaban J connectivity index is 1.60. The molecule has 0 bridgehead atoms. The first kappa shape index (κ1) is 25.6. The molecule has 1 aromatic carbocycles. The molecule has 0 aliphatic carbocycles. The van der Waals surface area contributed by atoms with Gasteiger partial charge in [-0.15, -0.1) is 0 Å². The lowest BCUT2D eigenvalue weighted by Gasteiger charge is -2.35. The topological polar surface area (TPSA) is 67.4 Å². The van der Waals surface area contributed by atoms with Crippen LogP contribution >= 0.6 is 0 Å². The molecule has 1 aliphatic heterocycles. The van der Waals surface area contributed by atoms with Gasteiger partial charge in [0.05, 0.1) is 32.0 Å². The molecule has 2 N–H and O–H groups in total. The van der Waals surface area contributed by atoms with E-state index in [1.165, 1.54) is 11.1 Å². The van der Waals surface area contributed by atoms with E-state index >= 15 is 0 Å². The highest BCUT2D eigenvalue weighted by molar-refractivity contribution is 5.79. The molecule has 1 heterocycles. The number of aliphatic imine (C=N–C) groups is 1. The van der Waals surface area contributed by atoms with Gasteiger partial charge in [-0.2, -0.15) is 0 Å². The molecular weight excluding hydrogens is 392 g/mol. The SMILES string of the molecule is CCCCOCCOCCNC(=NC)NCc1ccc(CN2CC(C)OC(C)C2)cc1. The van der Waals surface area contributed by atoms with Crippen LogP contribution in [-0.2, 0) is 27.3 Å². The molecule has 1 fully saturated rings. The number of rotatable bonds is 13. The fraction of sp³-hybridized carbons (Fsp3) is 0.708. The third-order valence-corrected chi connectivity index (χ3v) is 5.16. The molecule has 176 valence electrons. The predicted molar refractivity (Wildman–Crippen MR) is 126 cm³/mol. The molecule has 2 unspecified atom stereocenters. The highest BCUT2D eigenvalue weighted by atomic mass is 16.5. The van der Waals surface area contributed by atoms with Crippen LogP contribution in [0.5, 0.6) is 0 Å². The summed E-state index contributed by atoms with van der Waals surface area (Å²) in [7, 11) is 1.78. The minimum Gasteiger partial charge on any atom is -0.379 e. The van der Waals surface area contributed by atoms with Gasteiger partial charge in [-0.1, -0.05) is 37.6 Å². The van der Waals surface area contributed by atoms with Crippen molar-refractivity contribution in [2.24, 2.45) is 4.99 Å². The summed E-state index contributed by atoms with van der Waals surface area (Å²) in [5, 5.41) is 6.63. The van der Waals surface area contributed by atoms with Gasteiger partial charge in [0.2, 0.25) is 0 Å². The Hall–Kier alpha value is -1.67. The molecule has 31 heavy (non-hydrogen) atoms. The van der Waals surface area contributed by atoms with Gasteiger partial charge in [-0.05, 0) is 31.4 Å². The Morgan fingerprint density at radius 1 is 1.00 bits per heavy atom. The van der Waals surface area contributed by atoms with E-state index in [1.54, 1.807) is 7.05 Å². The number of benzene rings is 1. The van der Waals surface area contributed by atoms with Crippen LogP contribution in [0, 0.1) is 0 Å². The Kier molecular flexibility index (Phi) is 12.5. The molecule has 1 aliphatic rings. The minimum atomic E-state index is 0.302. The predicted octanol–water partition coefficient (Wildman–Crippen LogP) is 2.79.